The zero-order chi connectivity index (χ0) is 13.3. The Morgan fingerprint density at radius 2 is 1.21 bits per heavy atom. The molecule has 19 heavy (non-hydrogen) atoms. The first-order valence-electron chi connectivity index (χ1n) is 5.94. The van der Waals surface area contributed by atoms with Gasteiger partial charge in [0, 0.05) is 21.3 Å². The summed E-state index contributed by atoms with van der Waals surface area (Å²) < 4.78 is 0. The van der Waals surface area contributed by atoms with E-state index in [0.29, 0.717) is 11.5 Å². The lowest BCUT2D eigenvalue weighted by molar-refractivity contribution is 0.318. The van der Waals surface area contributed by atoms with Crippen LogP contribution in [-0.4, -0.2) is 22.4 Å². The van der Waals surface area contributed by atoms with Gasteiger partial charge in [-0.05, 0) is 24.3 Å². The quantitative estimate of drug-likeness (QED) is 0.370. The van der Waals surface area contributed by atoms with Crippen molar-refractivity contribution < 1.29 is 5.21 Å². The fourth-order valence-electron chi connectivity index (χ4n) is 1.47. The molecule has 0 aliphatic heterocycles. The van der Waals surface area contributed by atoms with Crippen molar-refractivity contribution in [3.05, 3.63) is 60.7 Å². The first kappa shape index (κ1) is 14.0. The molecule has 0 fully saturated rings. The second kappa shape index (κ2) is 7.92. The average Bonchev–Trinajstić information content (AvgIpc) is 2.49. The Kier molecular flexibility index (Phi) is 5.85. The molecule has 0 spiro atoms. The van der Waals surface area contributed by atoms with Gasteiger partial charge >= 0.3 is 0 Å². The number of thioether (sulfide) groups is 2. The smallest absolute Gasteiger partial charge is 0.0775 e. The van der Waals surface area contributed by atoms with E-state index in [1.54, 1.807) is 23.5 Å². The Bertz CT molecular complexity index is 469. The van der Waals surface area contributed by atoms with Gasteiger partial charge in [0.1, 0.15) is 0 Å². The number of nitrogens with zero attached hydrogens (tertiary/aromatic N) is 1. The SMILES string of the molecule is ON=C(CSc1ccccc1)CSc1ccccc1. The molecule has 0 unspecified atom stereocenters. The molecular formula is C15H15NOS2. The molecule has 2 aromatic rings. The molecule has 2 nitrogen and oxygen atoms in total. The Labute approximate surface area is 121 Å². The summed E-state index contributed by atoms with van der Waals surface area (Å²) in [6.45, 7) is 0. The van der Waals surface area contributed by atoms with Gasteiger partial charge in [-0.25, -0.2) is 0 Å². The lowest BCUT2D eigenvalue weighted by atomic mass is 10.4. The van der Waals surface area contributed by atoms with Crippen LogP contribution in [0.4, 0.5) is 0 Å². The summed E-state index contributed by atoms with van der Waals surface area (Å²) in [5, 5.41) is 12.4. The van der Waals surface area contributed by atoms with E-state index in [1.807, 2.05) is 36.4 Å². The molecule has 0 atom stereocenters. The maximum absolute atomic E-state index is 9.04. The van der Waals surface area contributed by atoms with Gasteiger partial charge in [0.15, 0.2) is 0 Å². The van der Waals surface area contributed by atoms with Crippen LogP contribution in [0.15, 0.2) is 75.6 Å². The number of oxime groups is 1. The summed E-state index contributed by atoms with van der Waals surface area (Å²) in [7, 11) is 0. The molecule has 0 aliphatic carbocycles. The molecule has 98 valence electrons. The van der Waals surface area contributed by atoms with Gasteiger partial charge in [0.05, 0.1) is 5.71 Å². The third kappa shape index (κ3) is 5.01. The van der Waals surface area contributed by atoms with E-state index in [4.69, 9.17) is 5.21 Å². The summed E-state index contributed by atoms with van der Waals surface area (Å²) in [4.78, 5) is 2.38. The molecular weight excluding hydrogens is 274 g/mol. The van der Waals surface area contributed by atoms with Gasteiger partial charge < -0.3 is 5.21 Å². The van der Waals surface area contributed by atoms with Crippen molar-refractivity contribution in [3.8, 4) is 0 Å². The predicted molar refractivity (Wildman–Crippen MR) is 83.6 cm³/mol. The van der Waals surface area contributed by atoms with Crippen LogP contribution in [0.5, 0.6) is 0 Å². The minimum Gasteiger partial charge on any atom is -0.411 e. The lowest BCUT2D eigenvalue weighted by Crippen LogP contribution is -2.05. The standard InChI is InChI=1S/C15H15NOS2/c17-16-13(11-18-14-7-3-1-4-8-14)12-19-15-9-5-2-6-10-15/h1-10,17H,11-12H2. The highest BCUT2D eigenvalue weighted by atomic mass is 32.2. The summed E-state index contributed by atoms with van der Waals surface area (Å²) >= 11 is 3.37. The maximum Gasteiger partial charge on any atom is 0.0775 e. The molecule has 0 aliphatic rings. The minimum atomic E-state index is 0.709. The predicted octanol–water partition coefficient (Wildman–Crippen LogP) is 4.40. The molecule has 0 radical (unpaired) electrons. The van der Waals surface area contributed by atoms with E-state index in [1.165, 1.54) is 9.79 Å². The second-order valence-corrected chi connectivity index (χ2v) is 5.97. The van der Waals surface area contributed by atoms with Crippen LogP contribution in [0.25, 0.3) is 0 Å². The van der Waals surface area contributed by atoms with Gasteiger partial charge in [0.25, 0.3) is 0 Å². The van der Waals surface area contributed by atoms with Crippen LogP contribution >= 0.6 is 23.5 Å². The third-order valence-electron chi connectivity index (χ3n) is 2.44. The largest absolute Gasteiger partial charge is 0.411 e. The number of benzene rings is 2. The van der Waals surface area contributed by atoms with Crippen LogP contribution in [0.2, 0.25) is 0 Å². The summed E-state index contributed by atoms with van der Waals surface area (Å²) in [6.07, 6.45) is 0. The highest BCUT2D eigenvalue weighted by Gasteiger charge is 2.03. The van der Waals surface area contributed by atoms with Crippen molar-refractivity contribution in [2.45, 2.75) is 9.79 Å². The topological polar surface area (TPSA) is 32.6 Å². The number of rotatable bonds is 6. The molecule has 2 rings (SSSR count). The summed E-state index contributed by atoms with van der Waals surface area (Å²) in [6, 6.07) is 20.3. The summed E-state index contributed by atoms with van der Waals surface area (Å²) in [5.74, 6) is 1.42. The molecule has 2 aromatic carbocycles. The van der Waals surface area contributed by atoms with Gasteiger partial charge in [-0.2, -0.15) is 0 Å². The molecule has 0 saturated carbocycles. The Morgan fingerprint density at radius 3 is 1.58 bits per heavy atom. The molecule has 0 heterocycles. The molecule has 0 aromatic heterocycles. The minimum absolute atomic E-state index is 0.709. The van der Waals surface area contributed by atoms with Gasteiger partial charge in [-0.3, -0.25) is 0 Å². The number of hydrogen-bond acceptors (Lipinski definition) is 4. The molecule has 0 saturated heterocycles. The molecule has 0 amide bonds. The van der Waals surface area contributed by atoms with Gasteiger partial charge in [-0.15, -0.1) is 23.5 Å². The third-order valence-corrected chi connectivity index (χ3v) is 4.60. The van der Waals surface area contributed by atoms with Crippen LogP contribution in [0.1, 0.15) is 0 Å². The highest BCUT2D eigenvalue weighted by Crippen LogP contribution is 2.21. The van der Waals surface area contributed by atoms with Crippen LogP contribution < -0.4 is 0 Å². The Morgan fingerprint density at radius 1 is 0.789 bits per heavy atom. The van der Waals surface area contributed by atoms with Gasteiger partial charge in [-0.1, -0.05) is 41.6 Å². The van der Waals surface area contributed by atoms with Crippen molar-refractivity contribution in [1.29, 1.82) is 0 Å². The Hall–Kier alpha value is -1.39. The van der Waals surface area contributed by atoms with E-state index >= 15 is 0 Å². The highest BCUT2D eigenvalue weighted by molar-refractivity contribution is 8.01. The van der Waals surface area contributed by atoms with E-state index in [-0.39, 0.29) is 0 Å². The fraction of sp³-hybridized carbons (Fsp3) is 0.133. The zero-order valence-electron chi connectivity index (χ0n) is 10.4. The van der Waals surface area contributed by atoms with Crippen molar-refractivity contribution in [2.75, 3.05) is 11.5 Å². The molecule has 0 bridgehead atoms. The maximum atomic E-state index is 9.04. The van der Waals surface area contributed by atoms with Gasteiger partial charge in [0.2, 0.25) is 0 Å². The second-order valence-electron chi connectivity index (χ2n) is 3.87. The van der Waals surface area contributed by atoms with Crippen molar-refractivity contribution in [1.82, 2.24) is 0 Å². The Balaban J connectivity index is 1.81. The fourth-order valence-corrected chi connectivity index (χ4v) is 3.28. The first-order chi connectivity index (χ1) is 9.38. The van der Waals surface area contributed by atoms with E-state index in [0.717, 1.165) is 5.71 Å². The zero-order valence-corrected chi connectivity index (χ0v) is 12.0. The van der Waals surface area contributed by atoms with Crippen LogP contribution in [0, 0.1) is 0 Å². The molecule has 4 heteroatoms. The van der Waals surface area contributed by atoms with Crippen LogP contribution in [0.3, 0.4) is 0 Å². The van der Waals surface area contributed by atoms with E-state index in [2.05, 4.69) is 29.4 Å². The lowest BCUT2D eigenvalue weighted by Gasteiger charge is -2.04. The van der Waals surface area contributed by atoms with Crippen molar-refractivity contribution in [3.63, 3.8) is 0 Å². The number of hydrogen-bond donors (Lipinski definition) is 1. The van der Waals surface area contributed by atoms with E-state index in [9.17, 15) is 0 Å². The summed E-state index contributed by atoms with van der Waals surface area (Å²) in [5.41, 5.74) is 0.794. The first-order valence-corrected chi connectivity index (χ1v) is 7.91. The van der Waals surface area contributed by atoms with E-state index < -0.39 is 0 Å². The van der Waals surface area contributed by atoms with Crippen molar-refractivity contribution >= 4 is 29.2 Å². The monoisotopic (exact) mass is 289 g/mol. The van der Waals surface area contributed by atoms with Crippen molar-refractivity contribution in [2.24, 2.45) is 5.16 Å². The average molecular weight is 289 g/mol. The normalized spacial score (nSPS) is 10.1. The van der Waals surface area contributed by atoms with Crippen LogP contribution in [-0.2, 0) is 0 Å². The molecule has 1 N–H and O–H groups in total.